The molecule has 2 aliphatic rings. The molecule has 2 atom stereocenters. The molecule has 1 fully saturated rings. The van der Waals surface area contributed by atoms with E-state index in [0.29, 0.717) is 25.1 Å². The van der Waals surface area contributed by atoms with E-state index in [0.717, 1.165) is 11.2 Å². The molecule has 24 heavy (non-hydrogen) atoms. The van der Waals surface area contributed by atoms with E-state index in [-0.39, 0.29) is 24.3 Å². The Kier molecular flexibility index (Phi) is 4.29. The second-order valence-corrected chi connectivity index (χ2v) is 5.87. The minimum atomic E-state index is -4.63. The number of amides is 2. The Morgan fingerprint density at radius 2 is 2.17 bits per heavy atom. The van der Waals surface area contributed by atoms with Gasteiger partial charge in [-0.15, -0.1) is 0 Å². The molecule has 1 N–H and O–H groups in total. The summed E-state index contributed by atoms with van der Waals surface area (Å²) in [6.07, 6.45) is -3.64. The SMILES string of the molecule is C[C@@H]1OCCN(C(=O)c2coc3c2C(=O)NCCC3)[C@@H]1C(F)(F)F. The van der Waals surface area contributed by atoms with Gasteiger partial charge in [0, 0.05) is 19.5 Å². The lowest BCUT2D eigenvalue weighted by molar-refractivity contribution is -0.220. The lowest BCUT2D eigenvalue weighted by atomic mass is 10.0. The van der Waals surface area contributed by atoms with Crippen LogP contribution >= 0.6 is 0 Å². The molecule has 3 heterocycles. The van der Waals surface area contributed by atoms with Crippen LogP contribution in [-0.4, -0.2) is 54.7 Å². The molecule has 2 amide bonds. The van der Waals surface area contributed by atoms with Gasteiger partial charge in [-0.05, 0) is 13.3 Å². The number of aryl methyl sites for hydroxylation is 1. The molecule has 0 saturated carbocycles. The molecule has 6 nitrogen and oxygen atoms in total. The highest BCUT2D eigenvalue weighted by Crippen LogP contribution is 2.33. The van der Waals surface area contributed by atoms with Gasteiger partial charge in [-0.2, -0.15) is 13.2 Å². The number of furan rings is 1. The number of rotatable bonds is 1. The molecule has 0 unspecified atom stereocenters. The van der Waals surface area contributed by atoms with Crippen LogP contribution in [0.25, 0.3) is 0 Å². The topological polar surface area (TPSA) is 71.8 Å². The van der Waals surface area contributed by atoms with Crippen LogP contribution in [0.4, 0.5) is 13.2 Å². The second kappa shape index (κ2) is 6.12. The van der Waals surface area contributed by atoms with E-state index in [9.17, 15) is 22.8 Å². The number of fused-ring (bicyclic) bond motifs is 1. The summed E-state index contributed by atoms with van der Waals surface area (Å²) in [7, 11) is 0. The van der Waals surface area contributed by atoms with E-state index in [1.165, 1.54) is 6.92 Å². The van der Waals surface area contributed by atoms with Crippen LogP contribution in [-0.2, 0) is 11.2 Å². The highest BCUT2D eigenvalue weighted by molar-refractivity contribution is 6.08. The number of hydrogen-bond acceptors (Lipinski definition) is 4. The fraction of sp³-hybridized carbons (Fsp3) is 0.600. The van der Waals surface area contributed by atoms with Gasteiger partial charge in [0.25, 0.3) is 11.8 Å². The summed E-state index contributed by atoms with van der Waals surface area (Å²) >= 11 is 0. The quantitative estimate of drug-likeness (QED) is 0.841. The van der Waals surface area contributed by atoms with Gasteiger partial charge < -0.3 is 19.4 Å². The van der Waals surface area contributed by atoms with Crippen LogP contribution in [0, 0.1) is 0 Å². The summed E-state index contributed by atoms with van der Waals surface area (Å²) in [5, 5.41) is 2.62. The van der Waals surface area contributed by atoms with Crippen molar-refractivity contribution < 1.29 is 31.9 Å². The van der Waals surface area contributed by atoms with Gasteiger partial charge in [0.1, 0.15) is 12.0 Å². The minimum absolute atomic E-state index is 0.00568. The molecule has 1 aromatic heterocycles. The average molecular weight is 346 g/mol. The number of halogens is 3. The first-order valence-electron chi connectivity index (χ1n) is 7.68. The van der Waals surface area contributed by atoms with E-state index >= 15 is 0 Å². The highest BCUT2D eigenvalue weighted by Gasteiger charge is 2.51. The predicted octanol–water partition coefficient (Wildman–Crippen LogP) is 1.75. The lowest BCUT2D eigenvalue weighted by Crippen LogP contribution is -2.59. The normalized spacial score (nSPS) is 25.0. The Bertz CT molecular complexity index is 656. The highest BCUT2D eigenvalue weighted by atomic mass is 19.4. The molecular weight excluding hydrogens is 329 g/mol. The van der Waals surface area contributed by atoms with Gasteiger partial charge in [-0.3, -0.25) is 9.59 Å². The number of carbonyl (C=O) groups excluding carboxylic acids is 2. The fourth-order valence-electron chi connectivity index (χ4n) is 3.17. The van der Waals surface area contributed by atoms with Crippen molar-refractivity contribution in [3.8, 4) is 0 Å². The monoisotopic (exact) mass is 346 g/mol. The maximum Gasteiger partial charge on any atom is 0.411 e. The fourth-order valence-corrected chi connectivity index (χ4v) is 3.17. The van der Waals surface area contributed by atoms with Gasteiger partial charge >= 0.3 is 6.18 Å². The smallest absolute Gasteiger partial charge is 0.411 e. The van der Waals surface area contributed by atoms with Crippen molar-refractivity contribution in [2.45, 2.75) is 38.1 Å². The molecule has 0 radical (unpaired) electrons. The number of nitrogens with zero attached hydrogens (tertiary/aromatic N) is 1. The summed E-state index contributed by atoms with van der Waals surface area (Å²) in [6.45, 7) is 1.51. The number of nitrogens with one attached hydrogen (secondary N) is 1. The molecule has 9 heteroatoms. The summed E-state index contributed by atoms with van der Waals surface area (Å²) in [6, 6.07) is -2.06. The standard InChI is InChI=1S/C15H17F3N2O4/c1-8-12(15(16,17)18)20(5-6-23-8)14(22)9-7-24-10-3-2-4-19-13(21)11(9)10/h7-8,12H,2-6H2,1H3,(H,19,21)/t8-,12-/m0/s1. The maximum atomic E-state index is 13.3. The third kappa shape index (κ3) is 2.88. The molecule has 3 rings (SSSR count). The van der Waals surface area contributed by atoms with E-state index in [1.54, 1.807) is 0 Å². The molecule has 0 aromatic carbocycles. The zero-order valence-electron chi connectivity index (χ0n) is 13.0. The van der Waals surface area contributed by atoms with Gasteiger partial charge in [0.2, 0.25) is 0 Å². The van der Waals surface area contributed by atoms with Gasteiger partial charge in [-0.1, -0.05) is 0 Å². The number of carbonyl (C=O) groups is 2. The zero-order valence-corrected chi connectivity index (χ0v) is 13.0. The van der Waals surface area contributed by atoms with Crippen LogP contribution in [0.3, 0.4) is 0 Å². The third-order valence-electron chi connectivity index (χ3n) is 4.28. The molecule has 132 valence electrons. The first kappa shape index (κ1) is 16.8. The number of alkyl halides is 3. The molecule has 0 bridgehead atoms. The van der Waals surface area contributed by atoms with Gasteiger partial charge in [0.15, 0.2) is 6.04 Å². The zero-order chi connectivity index (χ0) is 17.5. The minimum Gasteiger partial charge on any atom is -0.468 e. The van der Waals surface area contributed by atoms with Gasteiger partial charge in [-0.25, -0.2) is 0 Å². The Morgan fingerprint density at radius 3 is 2.88 bits per heavy atom. The number of ether oxygens (including phenoxy) is 1. The molecule has 2 aliphatic heterocycles. The molecular formula is C15H17F3N2O4. The van der Waals surface area contributed by atoms with Crippen molar-refractivity contribution >= 4 is 11.8 Å². The molecule has 0 aliphatic carbocycles. The van der Waals surface area contributed by atoms with E-state index in [4.69, 9.17) is 9.15 Å². The lowest BCUT2D eigenvalue weighted by Gasteiger charge is -2.40. The van der Waals surface area contributed by atoms with Crippen LogP contribution in [0.15, 0.2) is 10.7 Å². The molecule has 0 spiro atoms. The van der Waals surface area contributed by atoms with E-state index < -0.39 is 30.1 Å². The predicted molar refractivity (Wildman–Crippen MR) is 75.7 cm³/mol. The number of morpholine rings is 1. The van der Waals surface area contributed by atoms with Crippen LogP contribution in [0.5, 0.6) is 0 Å². The van der Waals surface area contributed by atoms with Gasteiger partial charge in [0.05, 0.1) is 23.8 Å². The maximum absolute atomic E-state index is 13.3. The van der Waals surface area contributed by atoms with Crippen LogP contribution in [0.2, 0.25) is 0 Å². The molecule has 1 aromatic rings. The van der Waals surface area contributed by atoms with Crippen molar-refractivity contribution in [3.05, 3.63) is 23.2 Å². The summed E-state index contributed by atoms with van der Waals surface area (Å²) < 4.78 is 50.4. The van der Waals surface area contributed by atoms with E-state index in [2.05, 4.69) is 5.32 Å². The Hall–Kier alpha value is -2.03. The van der Waals surface area contributed by atoms with Crippen LogP contribution in [0.1, 0.15) is 39.8 Å². The summed E-state index contributed by atoms with van der Waals surface area (Å²) in [5.41, 5.74) is -0.0923. The number of hydrogen-bond donors (Lipinski definition) is 1. The van der Waals surface area contributed by atoms with Crippen LogP contribution < -0.4 is 5.32 Å². The Balaban J connectivity index is 1.97. The van der Waals surface area contributed by atoms with E-state index in [1.807, 2.05) is 0 Å². The third-order valence-corrected chi connectivity index (χ3v) is 4.28. The Morgan fingerprint density at radius 1 is 1.42 bits per heavy atom. The van der Waals surface area contributed by atoms with Crippen molar-refractivity contribution in [1.29, 1.82) is 0 Å². The summed E-state index contributed by atoms with van der Waals surface area (Å²) in [4.78, 5) is 25.6. The second-order valence-electron chi connectivity index (χ2n) is 5.87. The Labute approximate surface area is 135 Å². The first-order chi connectivity index (χ1) is 11.3. The molecule has 1 saturated heterocycles. The first-order valence-corrected chi connectivity index (χ1v) is 7.68. The van der Waals surface area contributed by atoms with Crippen molar-refractivity contribution in [2.75, 3.05) is 19.7 Å². The van der Waals surface area contributed by atoms with Crippen molar-refractivity contribution in [3.63, 3.8) is 0 Å². The summed E-state index contributed by atoms with van der Waals surface area (Å²) in [5.74, 6) is -1.03. The largest absolute Gasteiger partial charge is 0.468 e. The van der Waals surface area contributed by atoms with Crippen molar-refractivity contribution in [1.82, 2.24) is 10.2 Å². The average Bonchev–Trinajstić information content (AvgIpc) is 2.84. The van der Waals surface area contributed by atoms with Crippen molar-refractivity contribution in [2.24, 2.45) is 0 Å².